The zero-order valence-corrected chi connectivity index (χ0v) is 18.3. The van der Waals surface area contributed by atoms with Crippen molar-refractivity contribution in [1.82, 2.24) is 9.13 Å². The van der Waals surface area contributed by atoms with Gasteiger partial charge in [0.1, 0.15) is 5.75 Å². The lowest BCUT2D eigenvalue weighted by atomic mass is 9.93. The molecule has 0 aliphatic heterocycles. The summed E-state index contributed by atoms with van der Waals surface area (Å²) in [7, 11) is 0. The number of hydrogen-bond acceptors (Lipinski definition) is 3. The fourth-order valence-corrected chi connectivity index (χ4v) is 4.63. The molecule has 0 saturated heterocycles. The quantitative estimate of drug-likeness (QED) is 0.545. The number of rotatable bonds is 5. The van der Waals surface area contributed by atoms with Crippen molar-refractivity contribution in [3.63, 3.8) is 0 Å². The molecule has 1 fully saturated rings. The van der Waals surface area contributed by atoms with E-state index < -0.39 is 17.8 Å². The van der Waals surface area contributed by atoms with Crippen LogP contribution in [0.1, 0.15) is 49.8 Å². The van der Waals surface area contributed by atoms with E-state index in [-0.39, 0.29) is 23.8 Å². The maximum absolute atomic E-state index is 13.4. The van der Waals surface area contributed by atoms with E-state index in [2.05, 4.69) is 0 Å². The van der Waals surface area contributed by atoms with Crippen LogP contribution in [-0.4, -0.2) is 27.0 Å². The lowest BCUT2D eigenvalue weighted by Gasteiger charge is -2.26. The number of ether oxygens (including phenoxy) is 1. The monoisotopic (exact) mass is 468 g/mol. The Morgan fingerprint density at radius 3 is 2.44 bits per heavy atom. The number of imidazole rings is 1. The van der Waals surface area contributed by atoms with Crippen LogP contribution in [0.25, 0.3) is 11.0 Å². The van der Waals surface area contributed by atoms with Crippen molar-refractivity contribution >= 4 is 22.6 Å². The molecule has 1 aliphatic carbocycles. The largest absolute Gasteiger partial charge is 0.492 e. The number of aromatic nitrogens is 2. The van der Waals surface area contributed by atoms with Gasteiger partial charge in [-0.2, -0.15) is 13.2 Å². The Bertz CT molecular complexity index is 1180. The number of alkyl halides is 3. The first-order valence-electron chi connectivity index (χ1n) is 10.6. The van der Waals surface area contributed by atoms with Gasteiger partial charge in [-0.25, -0.2) is 4.79 Å². The number of fused-ring (bicyclic) bond motifs is 1. The molecule has 1 heterocycles. The molecule has 1 aromatic heterocycles. The first-order chi connectivity index (χ1) is 15.2. The van der Waals surface area contributed by atoms with Crippen molar-refractivity contribution in [2.24, 2.45) is 0 Å². The minimum Gasteiger partial charge on any atom is -0.492 e. The summed E-state index contributed by atoms with van der Waals surface area (Å²) in [5.41, 5.74) is 0.184. The molecule has 1 saturated carbocycles. The van der Waals surface area contributed by atoms with Crippen molar-refractivity contribution in [2.75, 3.05) is 6.61 Å². The van der Waals surface area contributed by atoms with Crippen LogP contribution in [0.2, 0.25) is 5.02 Å². The van der Waals surface area contributed by atoms with Crippen LogP contribution in [0.15, 0.2) is 41.2 Å². The Balaban J connectivity index is 1.82. The second kappa shape index (κ2) is 8.83. The second-order valence-electron chi connectivity index (χ2n) is 8.10. The summed E-state index contributed by atoms with van der Waals surface area (Å²) in [4.78, 5) is 13.4. The van der Waals surface area contributed by atoms with E-state index in [9.17, 15) is 23.1 Å². The van der Waals surface area contributed by atoms with Crippen molar-refractivity contribution in [1.29, 1.82) is 0 Å². The predicted molar refractivity (Wildman–Crippen MR) is 116 cm³/mol. The average Bonchev–Trinajstić information content (AvgIpc) is 3.01. The van der Waals surface area contributed by atoms with Gasteiger partial charge in [0.15, 0.2) is 0 Å². The first kappa shape index (κ1) is 22.7. The summed E-state index contributed by atoms with van der Waals surface area (Å²) in [6.07, 6.45) is -2.63. The van der Waals surface area contributed by atoms with Crippen molar-refractivity contribution in [2.45, 2.75) is 57.5 Å². The third kappa shape index (κ3) is 4.38. The molecular weight excluding hydrogens is 445 g/mol. The van der Waals surface area contributed by atoms with Gasteiger partial charge in [-0.15, -0.1) is 0 Å². The molecule has 5 nitrogen and oxygen atoms in total. The predicted octanol–water partition coefficient (Wildman–Crippen LogP) is 5.40. The number of aliphatic hydroxyl groups is 1. The molecule has 1 aliphatic rings. The highest BCUT2D eigenvalue weighted by Crippen LogP contribution is 2.35. The van der Waals surface area contributed by atoms with Gasteiger partial charge in [0.25, 0.3) is 0 Å². The van der Waals surface area contributed by atoms with Gasteiger partial charge in [-0.1, -0.05) is 17.7 Å². The zero-order valence-electron chi connectivity index (χ0n) is 17.5. The molecule has 2 aromatic carbocycles. The van der Waals surface area contributed by atoms with Gasteiger partial charge in [0, 0.05) is 6.04 Å². The fraction of sp³-hybridized carbons (Fsp3) is 0.435. The minimum atomic E-state index is -4.52. The van der Waals surface area contributed by atoms with E-state index >= 15 is 0 Å². The standard InChI is InChI=1S/C23H24ClF3N2O3/c1-2-32-21-10-3-14(11-18(21)24)13-28-20-12-15(23(25,26)27)4-9-19(20)29(22(28)31)16-5-7-17(30)8-6-16/h3-4,9-12,16-17,30H,2,5-8,13H2,1H3. The molecule has 32 heavy (non-hydrogen) atoms. The molecule has 0 unspecified atom stereocenters. The lowest BCUT2D eigenvalue weighted by Crippen LogP contribution is -2.31. The van der Waals surface area contributed by atoms with Gasteiger partial charge >= 0.3 is 11.9 Å². The topological polar surface area (TPSA) is 56.4 Å². The molecule has 0 spiro atoms. The zero-order chi connectivity index (χ0) is 23.0. The van der Waals surface area contributed by atoms with E-state index in [1.807, 2.05) is 6.92 Å². The molecule has 1 N–H and O–H groups in total. The number of benzene rings is 2. The van der Waals surface area contributed by atoms with Gasteiger partial charge < -0.3 is 9.84 Å². The maximum atomic E-state index is 13.4. The smallest absolute Gasteiger partial charge is 0.416 e. The summed E-state index contributed by atoms with van der Waals surface area (Å²) < 4.78 is 48.6. The van der Waals surface area contributed by atoms with Gasteiger partial charge in [0.2, 0.25) is 0 Å². The van der Waals surface area contributed by atoms with E-state index in [1.54, 1.807) is 22.8 Å². The normalized spacial score (nSPS) is 19.4. The van der Waals surface area contributed by atoms with Gasteiger partial charge in [-0.3, -0.25) is 9.13 Å². The minimum absolute atomic E-state index is 0.0745. The number of aliphatic hydroxyl groups excluding tert-OH is 1. The third-order valence-corrected chi connectivity index (χ3v) is 6.25. The van der Waals surface area contributed by atoms with Crippen LogP contribution in [0.3, 0.4) is 0 Å². The van der Waals surface area contributed by atoms with E-state index in [4.69, 9.17) is 16.3 Å². The summed E-state index contributed by atoms with van der Waals surface area (Å²) in [6, 6.07) is 8.33. The van der Waals surface area contributed by atoms with Crippen LogP contribution in [0.5, 0.6) is 5.75 Å². The first-order valence-corrected chi connectivity index (χ1v) is 11.0. The summed E-state index contributed by atoms with van der Waals surface area (Å²) in [6.45, 7) is 2.36. The van der Waals surface area contributed by atoms with Crippen LogP contribution < -0.4 is 10.4 Å². The lowest BCUT2D eigenvalue weighted by molar-refractivity contribution is -0.137. The molecule has 3 aromatic rings. The van der Waals surface area contributed by atoms with Gasteiger partial charge in [-0.05, 0) is 68.5 Å². The Hall–Kier alpha value is -2.45. The summed E-state index contributed by atoms with van der Waals surface area (Å²) in [5, 5.41) is 10.2. The Kier molecular flexibility index (Phi) is 6.27. The van der Waals surface area contributed by atoms with Crippen molar-refractivity contribution in [3.05, 3.63) is 63.0 Å². The molecular formula is C23H24ClF3N2O3. The number of halogens is 4. The van der Waals surface area contributed by atoms with Crippen molar-refractivity contribution < 1.29 is 23.0 Å². The average molecular weight is 469 g/mol. The fourth-order valence-electron chi connectivity index (χ4n) is 4.38. The number of hydrogen-bond donors (Lipinski definition) is 1. The number of nitrogens with zero attached hydrogens (tertiary/aromatic N) is 2. The molecule has 4 rings (SSSR count). The van der Waals surface area contributed by atoms with Gasteiger partial charge in [0.05, 0.1) is 40.9 Å². The van der Waals surface area contributed by atoms with Crippen molar-refractivity contribution in [3.8, 4) is 5.75 Å². The summed E-state index contributed by atoms with van der Waals surface area (Å²) >= 11 is 6.27. The van der Waals surface area contributed by atoms with Crippen LogP contribution in [-0.2, 0) is 12.7 Å². The van der Waals surface area contributed by atoms with Crippen LogP contribution >= 0.6 is 11.6 Å². The molecule has 9 heteroatoms. The van der Waals surface area contributed by atoms with E-state index in [0.29, 0.717) is 54.1 Å². The highest BCUT2D eigenvalue weighted by Gasteiger charge is 2.32. The maximum Gasteiger partial charge on any atom is 0.416 e. The van der Waals surface area contributed by atoms with E-state index in [1.165, 1.54) is 10.6 Å². The molecule has 172 valence electrons. The highest BCUT2D eigenvalue weighted by atomic mass is 35.5. The second-order valence-corrected chi connectivity index (χ2v) is 8.51. The Morgan fingerprint density at radius 1 is 1.09 bits per heavy atom. The van der Waals surface area contributed by atoms with Crippen LogP contribution in [0, 0.1) is 0 Å². The highest BCUT2D eigenvalue weighted by molar-refractivity contribution is 6.32. The Morgan fingerprint density at radius 2 is 1.81 bits per heavy atom. The molecule has 0 amide bonds. The van der Waals surface area contributed by atoms with Crippen LogP contribution in [0.4, 0.5) is 13.2 Å². The van der Waals surface area contributed by atoms with E-state index in [0.717, 1.165) is 12.1 Å². The molecule has 0 radical (unpaired) electrons. The molecule has 0 bridgehead atoms. The Labute approximate surface area is 188 Å². The summed E-state index contributed by atoms with van der Waals surface area (Å²) in [5.74, 6) is 0.507. The SMILES string of the molecule is CCOc1ccc(Cn2c(=O)n(C3CCC(O)CC3)c3ccc(C(F)(F)F)cc32)cc1Cl. The third-order valence-electron chi connectivity index (χ3n) is 5.96. The molecule has 0 atom stereocenters.